The highest BCUT2D eigenvalue weighted by Gasteiger charge is 2.11. The zero-order valence-electron chi connectivity index (χ0n) is 10.2. The molecule has 2 aromatic rings. The molecular formula is C14H12Cl2FNO. The Morgan fingerprint density at radius 1 is 1.16 bits per heavy atom. The standard InChI is InChI=1S/C14H12Cl2FNO/c1-18-8-9-3-2-4-11(15)14(9)19-13-6-5-10(17)7-12(13)16/h2-7,18H,8H2,1H3. The van der Waals surface area contributed by atoms with Crippen LogP contribution < -0.4 is 10.1 Å². The summed E-state index contributed by atoms with van der Waals surface area (Å²) in [5, 5.41) is 3.71. The van der Waals surface area contributed by atoms with Gasteiger partial charge >= 0.3 is 0 Å². The molecule has 0 heterocycles. The second kappa shape index (κ2) is 6.24. The zero-order valence-corrected chi connectivity index (χ0v) is 11.7. The van der Waals surface area contributed by atoms with E-state index in [2.05, 4.69) is 5.32 Å². The predicted molar refractivity (Wildman–Crippen MR) is 75.7 cm³/mol. The van der Waals surface area contributed by atoms with Crippen molar-refractivity contribution in [2.24, 2.45) is 0 Å². The summed E-state index contributed by atoms with van der Waals surface area (Å²) < 4.78 is 18.7. The van der Waals surface area contributed by atoms with Gasteiger partial charge in [-0.1, -0.05) is 35.3 Å². The van der Waals surface area contributed by atoms with Crippen LogP contribution >= 0.6 is 23.2 Å². The molecule has 100 valence electrons. The van der Waals surface area contributed by atoms with E-state index in [1.54, 1.807) is 6.07 Å². The van der Waals surface area contributed by atoms with Crippen LogP contribution in [0.2, 0.25) is 10.0 Å². The normalized spacial score (nSPS) is 10.5. The van der Waals surface area contributed by atoms with Crippen LogP contribution in [0.4, 0.5) is 4.39 Å². The largest absolute Gasteiger partial charge is 0.454 e. The van der Waals surface area contributed by atoms with Gasteiger partial charge in [0.1, 0.15) is 11.6 Å². The van der Waals surface area contributed by atoms with Crippen LogP contribution in [0, 0.1) is 5.82 Å². The van der Waals surface area contributed by atoms with Crippen molar-refractivity contribution >= 4 is 23.2 Å². The molecule has 1 N–H and O–H groups in total. The van der Waals surface area contributed by atoms with Crippen LogP contribution in [0.1, 0.15) is 5.56 Å². The van der Waals surface area contributed by atoms with Gasteiger partial charge < -0.3 is 10.1 Å². The molecular weight excluding hydrogens is 288 g/mol. The van der Waals surface area contributed by atoms with E-state index in [1.165, 1.54) is 18.2 Å². The molecule has 2 aromatic carbocycles. The molecule has 0 bridgehead atoms. The Balaban J connectivity index is 2.37. The minimum absolute atomic E-state index is 0.204. The third kappa shape index (κ3) is 3.38. The van der Waals surface area contributed by atoms with E-state index in [0.717, 1.165) is 5.56 Å². The number of hydrogen-bond donors (Lipinski definition) is 1. The lowest BCUT2D eigenvalue weighted by atomic mass is 10.2. The average molecular weight is 300 g/mol. The summed E-state index contributed by atoms with van der Waals surface area (Å²) in [5.41, 5.74) is 0.899. The molecule has 0 saturated carbocycles. The second-order valence-electron chi connectivity index (χ2n) is 3.94. The Labute approximate surface area is 121 Å². The Kier molecular flexibility index (Phi) is 4.64. The number of hydrogen-bond acceptors (Lipinski definition) is 2. The summed E-state index contributed by atoms with van der Waals surface area (Å²) in [6.07, 6.45) is 0. The van der Waals surface area contributed by atoms with E-state index >= 15 is 0 Å². The fourth-order valence-electron chi connectivity index (χ4n) is 1.67. The summed E-state index contributed by atoms with van der Waals surface area (Å²) in [7, 11) is 1.83. The lowest BCUT2D eigenvalue weighted by Gasteiger charge is -2.13. The maximum absolute atomic E-state index is 13.0. The van der Waals surface area contributed by atoms with Gasteiger partial charge in [-0.15, -0.1) is 0 Å². The predicted octanol–water partition coefficient (Wildman–Crippen LogP) is 4.64. The van der Waals surface area contributed by atoms with E-state index in [1.807, 2.05) is 19.2 Å². The quantitative estimate of drug-likeness (QED) is 0.888. The van der Waals surface area contributed by atoms with Crippen molar-refractivity contribution in [2.75, 3.05) is 7.05 Å². The van der Waals surface area contributed by atoms with Crippen molar-refractivity contribution in [1.29, 1.82) is 0 Å². The summed E-state index contributed by atoms with van der Waals surface area (Å²) in [6, 6.07) is 9.43. The van der Waals surface area contributed by atoms with E-state index in [4.69, 9.17) is 27.9 Å². The van der Waals surface area contributed by atoms with Crippen molar-refractivity contribution < 1.29 is 9.13 Å². The maximum Gasteiger partial charge on any atom is 0.150 e. The van der Waals surface area contributed by atoms with Crippen LogP contribution in [0.3, 0.4) is 0 Å². The number of rotatable bonds is 4. The van der Waals surface area contributed by atoms with E-state index in [0.29, 0.717) is 23.1 Å². The van der Waals surface area contributed by atoms with Crippen LogP contribution in [0.5, 0.6) is 11.5 Å². The zero-order chi connectivity index (χ0) is 13.8. The fourth-order valence-corrected chi connectivity index (χ4v) is 2.10. The summed E-state index contributed by atoms with van der Waals surface area (Å²) >= 11 is 12.1. The first-order valence-corrected chi connectivity index (χ1v) is 6.42. The average Bonchev–Trinajstić information content (AvgIpc) is 2.36. The first kappa shape index (κ1) is 14.1. The molecule has 0 radical (unpaired) electrons. The van der Waals surface area contributed by atoms with Gasteiger partial charge in [0.25, 0.3) is 0 Å². The Hall–Kier alpha value is -1.29. The van der Waals surface area contributed by atoms with Gasteiger partial charge in [-0.2, -0.15) is 0 Å². The number of benzene rings is 2. The summed E-state index contributed by atoms with van der Waals surface area (Å²) in [5.74, 6) is 0.479. The second-order valence-corrected chi connectivity index (χ2v) is 4.75. The molecule has 0 aliphatic carbocycles. The first-order chi connectivity index (χ1) is 9.11. The van der Waals surface area contributed by atoms with Gasteiger partial charge in [0.15, 0.2) is 5.75 Å². The molecule has 0 aliphatic heterocycles. The minimum Gasteiger partial charge on any atom is -0.454 e. The number of nitrogens with one attached hydrogen (secondary N) is 1. The van der Waals surface area contributed by atoms with E-state index in [-0.39, 0.29) is 5.02 Å². The summed E-state index contributed by atoms with van der Waals surface area (Å²) in [4.78, 5) is 0. The molecule has 0 saturated heterocycles. The van der Waals surface area contributed by atoms with Crippen molar-refractivity contribution in [2.45, 2.75) is 6.54 Å². The lowest BCUT2D eigenvalue weighted by Crippen LogP contribution is -2.06. The fraction of sp³-hybridized carbons (Fsp3) is 0.143. The van der Waals surface area contributed by atoms with Gasteiger partial charge in [0.05, 0.1) is 10.0 Å². The van der Waals surface area contributed by atoms with E-state index < -0.39 is 5.82 Å². The topological polar surface area (TPSA) is 21.3 Å². The Bertz CT molecular complexity index is 590. The third-order valence-electron chi connectivity index (χ3n) is 2.52. The highest BCUT2D eigenvalue weighted by Crippen LogP contribution is 2.36. The van der Waals surface area contributed by atoms with Crippen LogP contribution in [-0.2, 0) is 6.54 Å². The highest BCUT2D eigenvalue weighted by molar-refractivity contribution is 6.33. The molecule has 2 rings (SSSR count). The molecule has 0 amide bonds. The number of halogens is 3. The highest BCUT2D eigenvalue weighted by atomic mass is 35.5. The molecule has 19 heavy (non-hydrogen) atoms. The molecule has 0 fully saturated rings. The molecule has 5 heteroatoms. The van der Waals surface area contributed by atoms with Crippen molar-refractivity contribution in [1.82, 2.24) is 5.32 Å². The third-order valence-corrected chi connectivity index (χ3v) is 3.11. The first-order valence-electron chi connectivity index (χ1n) is 5.66. The Morgan fingerprint density at radius 2 is 1.95 bits per heavy atom. The van der Waals surface area contributed by atoms with Crippen molar-refractivity contribution in [3.63, 3.8) is 0 Å². The molecule has 0 aromatic heterocycles. The SMILES string of the molecule is CNCc1cccc(Cl)c1Oc1ccc(F)cc1Cl. The molecule has 0 atom stereocenters. The summed E-state index contributed by atoms with van der Waals surface area (Å²) in [6.45, 7) is 0.606. The minimum atomic E-state index is -0.410. The van der Waals surface area contributed by atoms with Crippen LogP contribution in [-0.4, -0.2) is 7.05 Å². The van der Waals surface area contributed by atoms with Crippen LogP contribution in [0.25, 0.3) is 0 Å². The van der Waals surface area contributed by atoms with Gasteiger partial charge in [-0.05, 0) is 31.3 Å². The van der Waals surface area contributed by atoms with Gasteiger partial charge in [0.2, 0.25) is 0 Å². The van der Waals surface area contributed by atoms with Crippen LogP contribution in [0.15, 0.2) is 36.4 Å². The Morgan fingerprint density at radius 3 is 2.63 bits per heavy atom. The van der Waals surface area contributed by atoms with Gasteiger partial charge in [0, 0.05) is 12.1 Å². The molecule has 0 unspecified atom stereocenters. The molecule has 0 aliphatic rings. The van der Waals surface area contributed by atoms with Crippen molar-refractivity contribution in [3.8, 4) is 11.5 Å². The smallest absolute Gasteiger partial charge is 0.150 e. The van der Waals surface area contributed by atoms with Crippen molar-refractivity contribution in [3.05, 3.63) is 57.8 Å². The van der Waals surface area contributed by atoms with E-state index in [9.17, 15) is 4.39 Å². The van der Waals surface area contributed by atoms with Gasteiger partial charge in [-0.3, -0.25) is 0 Å². The monoisotopic (exact) mass is 299 g/mol. The molecule has 2 nitrogen and oxygen atoms in total. The van der Waals surface area contributed by atoms with Gasteiger partial charge in [-0.25, -0.2) is 4.39 Å². The molecule has 0 spiro atoms. The lowest BCUT2D eigenvalue weighted by molar-refractivity contribution is 0.473. The number of ether oxygens (including phenoxy) is 1. The number of para-hydroxylation sites is 1. The maximum atomic E-state index is 13.0.